The molecule has 2 aliphatic rings. The van der Waals surface area contributed by atoms with Crippen molar-refractivity contribution in [1.82, 2.24) is 44.5 Å². The van der Waals surface area contributed by atoms with Gasteiger partial charge in [0, 0.05) is 68.4 Å². The summed E-state index contributed by atoms with van der Waals surface area (Å²) in [5.41, 5.74) is 5.62. The Bertz CT molecular complexity index is 1940. The van der Waals surface area contributed by atoms with Crippen LogP contribution in [0, 0.1) is 12.8 Å². The number of hydrogen-bond donors (Lipinski definition) is 2. The van der Waals surface area contributed by atoms with Crippen molar-refractivity contribution in [2.75, 3.05) is 26.2 Å². The van der Waals surface area contributed by atoms with Crippen LogP contribution in [0.3, 0.4) is 0 Å². The van der Waals surface area contributed by atoms with Gasteiger partial charge >= 0.3 is 6.09 Å². The number of carboxylic acid groups (broad SMARTS) is 1. The number of carbonyl (C=O) groups is 2. The van der Waals surface area contributed by atoms with E-state index in [1.54, 1.807) is 24.8 Å². The fraction of sp³-hybridized carbons (Fsp3) is 0.417. The van der Waals surface area contributed by atoms with E-state index in [1.807, 2.05) is 47.8 Å². The topological polar surface area (TPSA) is 155 Å². The molecule has 13 heteroatoms. The number of aromatic amines is 1. The molecule has 2 aliphatic heterocycles. The molecule has 6 heterocycles. The van der Waals surface area contributed by atoms with Crippen LogP contribution in [0.2, 0.25) is 0 Å². The average Bonchev–Trinajstić information content (AvgIpc) is 3.77. The summed E-state index contributed by atoms with van der Waals surface area (Å²) in [7, 11) is 0. The number of imidazole rings is 1. The molecular formula is C36H41N9O4. The predicted octanol–water partition coefficient (Wildman–Crippen LogP) is 5.88. The maximum absolute atomic E-state index is 13.6. The zero-order valence-corrected chi connectivity index (χ0v) is 27.9. The van der Waals surface area contributed by atoms with E-state index in [9.17, 15) is 14.7 Å². The number of piperidine rings is 1. The molecule has 2 fully saturated rings. The lowest BCUT2D eigenvalue weighted by atomic mass is 9.93. The van der Waals surface area contributed by atoms with E-state index in [0.717, 1.165) is 77.5 Å². The number of aromatic nitrogens is 7. The lowest BCUT2D eigenvalue weighted by Crippen LogP contribution is -2.39. The van der Waals surface area contributed by atoms with Crippen LogP contribution in [0.4, 0.5) is 4.79 Å². The third-order valence-corrected chi connectivity index (χ3v) is 9.80. The normalized spacial score (nSPS) is 17.0. The zero-order chi connectivity index (χ0) is 33.9. The third kappa shape index (κ3) is 6.75. The number of benzene rings is 1. The van der Waals surface area contributed by atoms with Crippen LogP contribution in [-0.4, -0.2) is 87.8 Å². The van der Waals surface area contributed by atoms with Crippen LogP contribution >= 0.6 is 0 Å². The lowest BCUT2D eigenvalue weighted by Gasteiger charge is -2.31. The number of pyridine rings is 1. The van der Waals surface area contributed by atoms with Gasteiger partial charge in [-0.3, -0.25) is 9.78 Å². The van der Waals surface area contributed by atoms with Gasteiger partial charge in [-0.2, -0.15) is 5.10 Å². The number of fused-ring (bicyclic) bond motifs is 1. The molecular weight excluding hydrogens is 622 g/mol. The summed E-state index contributed by atoms with van der Waals surface area (Å²) in [6.07, 6.45) is 13.1. The Morgan fingerprint density at radius 1 is 1.06 bits per heavy atom. The maximum Gasteiger partial charge on any atom is 0.407 e. The van der Waals surface area contributed by atoms with Crippen molar-refractivity contribution in [2.45, 2.75) is 65.1 Å². The molecule has 254 valence electrons. The first-order valence-corrected chi connectivity index (χ1v) is 17.1. The Kier molecular flexibility index (Phi) is 9.34. The molecule has 2 amide bonds. The Morgan fingerprint density at radius 2 is 1.88 bits per heavy atom. The van der Waals surface area contributed by atoms with Crippen molar-refractivity contribution in [3.63, 3.8) is 0 Å². The molecule has 0 aliphatic carbocycles. The highest BCUT2D eigenvalue weighted by Crippen LogP contribution is 2.36. The minimum atomic E-state index is -0.963. The molecule has 13 nitrogen and oxygen atoms in total. The smallest absolute Gasteiger partial charge is 0.407 e. The molecule has 0 radical (unpaired) electrons. The number of H-pyrrole nitrogens is 1. The highest BCUT2D eigenvalue weighted by molar-refractivity contribution is 5.97. The van der Waals surface area contributed by atoms with Crippen LogP contribution in [0.1, 0.15) is 72.7 Å². The number of likely N-dealkylation sites (tertiary alicyclic amines) is 1. The molecule has 1 unspecified atom stereocenters. The van der Waals surface area contributed by atoms with E-state index in [0.29, 0.717) is 49.4 Å². The van der Waals surface area contributed by atoms with Crippen molar-refractivity contribution < 1.29 is 19.4 Å². The Balaban J connectivity index is 1.17. The van der Waals surface area contributed by atoms with Crippen molar-refractivity contribution >= 4 is 22.9 Å². The van der Waals surface area contributed by atoms with E-state index >= 15 is 0 Å². The molecule has 0 bridgehead atoms. The van der Waals surface area contributed by atoms with Gasteiger partial charge in [0.05, 0.1) is 18.3 Å². The Labute approximate surface area is 284 Å². The number of nitrogens with one attached hydrogen (secondary N) is 1. The number of carbonyl (C=O) groups excluding carboxylic acids is 1. The SMILES string of the molecule is CCN(Cc1cncc(-c2ccc3c(c2)c(-c2ncc(C(=O)N4CCC(Cc5ncccn5)CC4)[nH]2)nn3C2CCCCO2)c1C)C(=O)O. The average molecular weight is 664 g/mol. The fourth-order valence-electron chi connectivity index (χ4n) is 6.91. The summed E-state index contributed by atoms with van der Waals surface area (Å²) in [4.78, 5) is 49.7. The van der Waals surface area contributed by atoms with Gasteiger partial charge < -0.3 is 24.6 Å². The molecule has 5 aromatic rings. The van der Waals surface area contributed by atoms with E-state index in [4.69, 9.17) is 9.84 Å². The third-order valence-electron chi connectivity index (χ3n) is 9.80. The quantitative estimate of drug-likeness (QED) is 0.197. The molecule has 2 saturated heterocycles. The summed E-state index contributed by atoms with van der Waals surface area (Å²) in [6, 6.07) is 7.98. The fourth-order valence-corrected chi connectivity index (χ4v) is 6.91. The van der Waals surface area contributed by atoms with Crippen molar-refractivity contribution in [3.05, 3.63) is 77.9 Å². The van der Waals surface area contributed by atoms with Gasteiger partial charge in [0.1, 0.15) is 17.2 Å². The highest BCUT2D eigenvalue weighted by Gasteiger charge is 2.28. The molecule has 7 rings (SSSR count). The van der Waals surface area contributed by atoms with Crippen LogP contribution in [0.25, 0.3) is 33.5 Å². The van der Waals surface area contributed by atoms with Crippen molar-refractivity contribution in [1.29, 1.82) is 0 Å². The van der Waals surface area contributed by atoms with Crippen LogP contribution in [0.15, 0.2) is 55.2 Å². The number of amides is 2. The standard InChI is InChI=1S/C36H41N9O4/c1-3-43(36(47)48)22-26-19-37-20-28(23(26)2)25-8-9-30-27(18-25)33(42-45(30)32-7-4-5-16-49-32)34-40-21-29(41-34)35(46)44-14-10-24(11-15-44)17-31-38-12-6-13-39-31/h6,8-9,12-13,18-21,24,32H,3-5,7,10-11,14-17,22H2,1-2H3,(H,40,41)(H,47,48). The number of ether oxygens (including phenoxy) is 1. The number of hydrogen-bond acceptors (Lipinski definition) is 8. The second-order valence-corrected chi connectivity index (χ2v) is 12.9. The minimum absolute atomic E-state index is 0.0748. The first kappa shape index (κ1) is 32.4. The van der Waals surface area contributed by atoms with Crippen LogP contribution in [-0.2, 0) is 17.7 Å². The zero-order valence-electron chi connectivity index (χ0n) is 27.9. The summed E-state index contributed by atoms with van der Waals surface area (Å²) in [6.45, 7) is 6.46. The second-order valence-electron chi connectivity index (χ2n) is 12.9. The van der Waals surface area contributed by atoms with Gasteiger partial charge in [-0.15, -0.1) is 0 Å². The van der Waals surface area contributed by atoms with Crippen LogP contribution in [0.5, 0.6) is 0 Å². The largest absolute Gasteiger partial charge is 0.465 e. The molecule has 1 atom stereocenters. The number of nitrogens with zero attached hydrogens (tertiary/aromatic N) is 8. The van der Waals surface area contributed by atoms with Gasteiger partial charge in [0.2, 0.25) is 0 Å². The Morgan fingerprint density at radius 3 is 2.61 bits per heavy atom. The molecule has 2 N–H and O–H groups in total. The Hall–Kier alpha value is -5.17. The lowest BCUT2D eigenvalue weighted by molar-refractivity contribution is -0.0365. The van der Waals surface area contributed by atoms with Crippen molar-refractivity contribution in [3.8, 4) is 22.6 Å². The monoisotopic (exact) mass is 663 g/mol. The molecule has 1 aromatic carbocycles. The van der Waals surface area contributed by atoms with E-state index in [2.05, 4.69) is 31.0 Å². The van der Waals surface area contributed by atoms with Crippen LogP contribution < -0.4 is 0 Å². The highest BCUT2D eigenvalue weighted by atomic mass is 16.5. The van der Waals surface area contributed by atoms with Gasteiger partial charge in [0.15, 0.2) is 12.1 Å². The van der Waals surface area contributed by atoms with Gasteiger partial charge in [-0.05, 0) is 86.8 Å². The maximum atomic E-state index is 13.6. The summed E-state index contributed by atoms with van der Waals surface area (Å²) < 4.78 is 8.08. The predicted molar refractivity (Wildman–Crippen MR) is 183 cm³/mol. The van der Waals surface area contributed by atoms with E-state index < -0.39 is 6.09 Å². The van der Waals surface area contributed by atoms with Gasteiger partial charge in [0.25, 0.3) is 5.91 Å². The van der Waals surface area contributed by atoms with Crippen molar-refractivity contribution in [2.24, 2.45) is 5.92 Å². The van der Waals surface area contributed by atoms with Gasteiger partial charge in [-0.25, -0.2) is 24.4 Å². The van der Waals surface area contributed by atoms with E-state index in [1.165, 1.54) is 4.90 Å². The molecule has 49 heavy (non-hydrogen) atoms. The van der Waals surface area contributed by atoms with E-state index in [-0.39, 0.29) is 18.7 Å². The summed E-state index contributed by atoms with van der Waals surface area (Å²) in [5.74, 6) is 1.73. The molecule has 0 saturated carbocycles. The number of rotatable bonds is 9. The first-order chi connectivity index (χ1) is 23.9. The summed E-state index contributed by atoms with van der Waals surface area (Å²) >= 11 is 0. The second kappa shape index (κ2) is 14.1. The molecule has 4 aromatic heterocycles. The summed E-state index contributed by atoms with van der Waals surface area (Å²) in [5, 5.41) is 15.5. The first-order valence-electron chi connectivity index (χ1n) is 17.1. The minimum Gasteiger partial charge on any atom is -0.465 e. The molecule has 0 spiro atoms. The van der Waals surface area contributed by atoms with Gasteiger partial charge in [-0.1, -0.05) is 6.07 Å².